The summed E-state index contributed by atoms with van der Waals surface area (Å²) in [6.45, 7) is 7.22. The zero-order valence-corrected chi connectivity index (χ0v) is 26.2. The number of ether oxygens (including phenoxy) is 1. The lowest BCUT2D eigenvalue weighted by Gasteiger charge is -2.52. The van der Waals surface area contributed by atoms with Crippen LogP contribution in [0.1, 0.15) is 39.4 Å². The summed E-state index contributed by atoms with van der Waals surface area (Å²) in [5.74, 6) is -0.578. The van der Waals surface area contributed by atoms with E-state index in [1.54, 1.807) is 35.9 Å². The van der Waals surface area contributed by atoms with Crippen molar-refractivity contribution in [2.45, 2.75) is 19.8 Å². The van der Waals surface area contributed by atoms with Gasteiger partial charge in [-0.05, 0) is 68.1 Å². The molecule has 3 aromatic rings. The van der Waals surface area contributed by atoms with Crippen LogP contribution in [0.2, 0.25) is 5.02 Å². The van der Waals surface area contributed by atoms with Crippen LogP contribution in [-0.4, -0.2) is 90.9 Å². The fraction of sp³-hybridized carbons (Fsp3) is 0.438. The van der Waals surface area contributed by atoms with E-state index in [1.165, 1.54) is 19.4 Å². The van der Waals surface area contributed by atoms with Crippen molar-refractivity contribution in [3.8, 4) is 17.0 Å². The van der Waals surface area contributed by atoms with E-state index in [4.69, 9.17) is 16.3 Å². The molecule has 3 aliphatic rings. The maximum absolute atomic E-state index is 14.4. The van der Waals surface area contributed by atoms with Gasteiger partial charge in [0.25, 0.3) is 11.8 Å². The molecule has 10 nitrogen and oxygen atoms in total. The molecule has 12 heteroatoms. The number of aryl methyl sites for hydroxylation is 1. The highest BCUT2D eigenvalue weighted by Crippen LogP contribution is 2.47. The average Bonchev–Trinajstić information content (AvgIpc) is 3.34. The van der Waals surface area contributed by atoms with E-state index >= 15 is 0 Å². The molecule has 0 bridgehead atoms. The third-order valence-electron chi connectivity index (χ3n) is 8.82. The summed E-state index contributed by atoms with van der Waals surface area (Å²) in [6.07, 6.45) is 4.85. The number of anilines is 1. The Balaban J connectivity index is 0.000000361. The Morgan fingerprint density at radius 3 is 2.43 bits per heavy atom. The van der Waals surface area contributed by atoms with Gasteiger partial charge in [0, 0.05) is 69.0 Å². The Morgan fingerprint density at radius 1 is 1.14 bits per heavy atom. The number of nitrogens with zero attached hydrogens (tertiary/aromatic N) is 4. The Morgan fingerprint density at radius 2 is 1.84 bits per heavy atom. The van der Waals surface area contributed by atoms with Gasteiger partial charge >= 0.3 is 0 Å². The first-order valence-electron chi connectivity index (χ1n) is 14.7. The minimum absolute atomic E-state index is 0.00850. The van der Waals surface area contributed by atoms with Crippen LogP contribution in [0.25, 0.3) is 11.3 Å². The minimum Gasteiger partial charge on any atom is -0.494 e. The van der Waals surface area contributed by atoms with Crippen molar-refractivity contribution >= 4 is 35.4 Å². The third-order valence-corrected chi connectivity index (χ3v) is 9.19. The topological polar surface area (TPSA) is 109 Å². The number of piperazine rings is 1. The Hall–Kier alpha value is -3.80. The zero-order chi connectivity index (χ0) is 31.6. The van der Waals surface area contributed by atoms with E-state index in [9.17, 15) is 18.8 Å². The Labute approximate surface area is 261 Å². The summed E-state index contributed by atoms with van der Waals surface area (Å²) >= 11 is 6.19. The molecule has 2 aliphatic heterocycles. The van der Waals surface area contributed by atoms with Gasteiger partial charge in [-0.1, -0.05) is 11.6 Å². The van der Waals surface area contributed by atoms with Crippen molar-refractivity contribution in [2.24, 2.45) is 18.4 Å². The van der Waals surface area contributed by atoms with Gasteiger partial charge in [0.1, 0.15) is 6.29 Å². The average molecular weight is 625 g/mol. The minimum atomic E-state index is -0.680. The lowest BCUT2D eigenvalue weighted by Crippen LogP contribution is -2.60. The SMILES string of the molecule is COc1ccc(-c2cnc(C(=O)Nc3ccc(C(=O)N4CCN(C)CC4)c(C)c3)n2C)c(Cl)c1F.O=CC1CC2(CNC2)C1. The maximum atomic E-state index is 14.4. The number of aldehydes is 1. The number of carbonyl (C=O) groups is 3. The standard InChI is InChI=1S/C25H27ClFN5O3.C7H11NO/c1-15-13-16(5-6-17(15)25(34)32-11-9-30(2)10-12-32)29-24(33)23-28-14-19(31(23)3)18-7-8-20(35-4)22(27)21(18)26;9-3-6-1-7(2-6)4-8-5-7/h5-8,13-14H,9-12H2,1-4H3,(H,29,33);3,6,8H,1-2,4-5H2. The second-order valence-corrected chi connectivity index (χ2v) is 12.3. The molecule has 6 rings (SSSR count). The molecule has 3 heterocycles. The molecule has 2 saturated heterocycles. The number of benzene rings is 2. The zero-order valence-electron chi connectivity index (χ0n) is 25.5. The second-order valence-electron chi connectivity index (χ2n) is 12.0. The van der Waals surface area contributed by atoms with E-state index < -0.39 is 11.7 Å². The molecule has 2 amide bonds. The highest BCUT2D eigenvalue weighted by Gasteiger charge is 2.48. The van der Waals surface area contributed by atoms with Crippen LogP contribution in [0.5, 0.6) is 5.75 Å². The van der Waals surface area contributed by atoms with Crippen LogP contribution in [0.3, 0.4) is 0 Å². The highest BCUT2D eigenvalue weighted by molar-refractivity contribution is 6.33. The van der Waals surface area contributed by atoms with E-state index in [2.05, 4.69) is 20.5 Å². The molecule has 1 spiro atoms. The van der Waals surface area contributed by atoms with E-state index in [1.807, 2.05) is 18.9 Å². The van der Waals surface area contributed by atoms with Crippen LogP contribution in [0.15, 0.2) is 36.5 Å². The van der Waals surface area contributed by atoms with E-state index in [0.29, 0.717) is 46.9 Å². The second kappa shape index (κ2) is 13.1. The van der Waals surface area contributed by atoms with Crippen molar-refractivity contribution < 1.29 is 23.5 Å². The summed E-state index contributed by atoms with van der Waals surface area (Å²) in [4.78, 5) is 44.3. The first kappa shape index (κ1) is 31.6. The number of halogens is 2. The molecule has 0 radical (unpaired) electrons. The van der Waals surface area contributed by atoms with Crippen LogP contribution >= 0.6 is 11.6 Å². The van der Waals surface area contributed by atoms with E-state index in [-0.39, 0.29) is 22.5 Å². The van der Waals surface area contributed by atoms with Gasteiger partial charge in [0.15, 0.2) is 17.4 Å². The van der Waals surface area contributed by atoms with E-state index in [0.717, 1.165) is 50.9 Å². The first-order valence-corrected chi connectivity index (χ1v) is 15.0. The molecule has 1 saturated carbocycles. The predicted octanol–water partition coefficient (Wildman–Crippen LogP) is 4.02. The number of carbonyl (C=O) groups excluding carboxylic acids is 3. The normalized spacial score (nSPS) is 17.6. The smallest absolute Gasteiger partial charge is 0.291 e. The number of aromatic nitrogens is 2. The molecular weight excluding hydrogens is 587 g/mol. The Kier molecular flexibility index (Phi) is 9.38. The lowest BCUT2D eigenvalue weighted by molar-refractivity contribution is -0.120. The number of likely N-dealkylation sites (N-methyl/N-ethyl adjacent to an activating group) is 1. The number of imidazole rings is 1. The molecule has 2 N–H and O–H groups in total. The van der Waals surface area contributed by atoms with Gasteiger partial charge in [-0.15, -0.1) is 0 Å². The van der Waals surface area contributed by atoms with Crippen molar-refractivity contribution in [1.82, 2.24) is 24.7 Å². The van der Waals surface area contributed by atoms with Gasteiger partial charge in [-0.3, -0.25) is 9.59 Å². The maximum Gasteiger partial charge on any atom is 0.291 e. The summed E-state index contributed by atoms with van der Waals surface area (Å²) in [5.41, 5.74) is 3.37. The predicted molar refractivity (Wildman–Crippen MR) is 167 cm³/mol. The van der Waals surface area contributed by atoms with Crippen molar-refractivity contribution in [1.29, 1.82) is 0 Å². The number of nitrogens with one attached hydrogen (secondary N) is 2. The van der Waals surface area contributed by atoms with Crippen molar-refractivity contribution in [3.05, 3.63) is 64.3 Å². The molecule has 0 atom stereocenters. The Bertz CT molecular complexity index is 1560. The monoisotopic (exact) mass is 624 g/mol. The van der Waals surface area contributed by atoms with Gasteiger partial charge in [0.2, 0.25) is 0 Å². The number of methoxy groups -OCH3 is 1. The number of amides is 2. The van der Waals surface area contributed by atoms with Crippen molar-refractivity contribution in [3.63, 3.8) is 0 Å². The lowest BCUT2D eigenvalue weighted by atomic mass is 9.59. The van der Waals surface area contributed by atoms with Crippen LogP contribution in [-0.2, 0) is 11.8 Å². The molecule has 3 fully saturated rings. The summed E-state index contributed by atoms with van der Waals surface area (Å²) in [6, 6.07) is 8.28. The summed E-state index contributed by atoms with van der Waals surface area (Å²) in [7, 11) is 5.05. The van der Waals surface area contributed by atoms with Gasteiger partial charge < -0.3 is 34.5 Å². The van der Waals surface area contributed by atoms with Gasteiger partial charge in [0.05, 0.1) is 24.0 Å². The number of rotatable bonds is 6. The molecule has 0 unspecified atom stereocenters. The van der Waals surface area contributed by atoms with Crippen LogP contribution in [0.4, 0.5) is 10.1 Å². The quantitative estimate of drug-likeness (QED) is 0.399. The molecule has 44 heavy (non-hydrogen) atoms. The van der Waals surface area contributed by atoms with Crippen molar-refractivity contribution in [2.75, 3.05) is 58.7 Å². The number of hydrogen-bond donors (Lipinski definition) is 2. The largest absolute Gasteiger partial charge is 0.494 e. The van der Waals surface area contributed by atoms with Gasteiger partial charge in [-0.2, -0.15) is 0 Å². The molecule has 234 valence electrons. The fourth-order valence-corrected chi connectivity index (χ4v) is 6.28. The fourth-order valence-electron chi connectivity index (χ4n) is 6.02. The third kappa shape index (κ3) is 6.36. The molecule has 1 aliphatic carbocycles. The summed E-state index contributed by atoms with van der Waals surface area (Å²) < 4.78 is 20.9. The van der Waals surface area contributed by atoms with Gasteiger partial charge in [-0.25, -0.2) is 9.37 Å². The van der Waals surface area contributed by atoms with Crippen LogP contribution < -0.4 is 15.4 Å². The molecule has 1 aromatic heterocycles. The molecule has 2 aromatic carbocycles. The first-order chi connectivity index (χ1) is 21.1. The highest BCUT2D eigenvalue weighted by atomic mass is 35.5. The summed E-state index contributed by atoms with van der Waals surface area (Å²) in [5, 5.41) is 5.94. The van der Waals surface area contributed by atoms with Crippen LogP contribution in [0, 0.1) is 24.1 Å². The molecular formula is C32H38ClFN6O4. The number of hydrogen-bond acceptors (Lipinski definition) is 7.